The molecule has 2 aromatic carbocycles. The summed E-state index contributed by atoms with van der Waals surface area (Å²) in [4.78, 5) is 14.7. The van der Waals surface area contributed by atoms with Crippen LogP contribution in [-0.2, 0) is 4.79 Å². The monoisotopic (exact) mass is 341 g/mol. The number of piperidine rings is 1. The van der Waals surface area contributed by atoms with Gasteiger partial charge in [-0.25, -0.2) is 4.39 Å². The Bertz CT molecular complexity index is 696. The van der Waals surface area contributed by atoms with Crippen molar-refractivity contribution < 1.29 is 14.3 Å². The van der Waals surface area contributed by atoms with Crippen molar-refractivity contribution in [3.63, 3.8) is 0 Å². The number of carbonyl (C=O) groups is 1. The van der Waals surface area contributed by atoms with Gasteiger partial charge in [-0.05, 0) is 36.0 Å². The molecule has 2 aromatic rings. The third kappa shape index (κ3) is 4.26. The van der Waals surface area contributed by atoms with Crippen LogP contribution in [-0.4, -0.2) is 35.6 Å². The summed E-state index contributed by atoms with van der Waals surface area (Å²) in [6.45, 7) is 1.52. The standard InChI is InChI=1S/C21H24FNO2/c22-20-9-5-4-8-18(20)19(17-6-2-1-3-7-17)14-21(25)23-12-10-16(15-24)11-13-23/h1-9,16,19,24H,10-15H2/t19-/m1/s1. The molecule has 0 radical (unpaired) electrons. The number of halogens is 1. The van der Waals surface area contributed by atoms with Crippen LogP contribution in [0.5, 0.6) is 0 Å². The summed E-state index contributed by atoms with van der Waals surface area (Å²) < 4.78 is 14.4. The fourth-order valence-corrected chi connectivity index (χ4v) is 3.52. The number of hydrogen-bond acceptors (Lipinski definition) is 2. The Morgan fingerprint density at radius 2 is 1.72 bits per heavy atom. The van der Waals surface area contributed by atoms with Gasteiger partial charge in [-0.2, -0.15) is 0 Å². The Morgan fingerprint density at radius 3 is 2.36 bits per heavy atom. The largest absolute Gasteiger partial charge is 0.396 e. The van der Waals surface area contributed by atoms with Crippen molar-refractivity contribution >= 4 is 5.91 Å². The number of rotatable bonds is 5. The van der Waals surface area contributed by atoms with Gasteiger partial charge in [0.1, 0.15) is 5.82 Å². The van der Waals surface area contributed by atoms with Gasteiger partial charge < -0.3 is 10.0 Å². The molecule has 0 aromatic heterocycles. The first kappa shape index (κ1) is 17.6. The van der Waals surface area contributed by atoms with E-state index in [-0.39, 0.29) is 30.7 Å². The normalized spacial score (nSPS) is 16.6. The Morgan fingerprint density at radius 1 is 1.08 bits per heavy atom. The highest BCUT2D eigenvalue weighted by Gasteiger charge is 2.26. The number of carbonyl (C=O) groups excluding carboxylic acids is 1. The predicted molar refractivity (Wildman–Crippen MR) is 95.7 cm³/mol. The molecule has 25 heavy (non-hydrogen) atoms. The van der Waals surface area contributed by atoms with Crippen LogP contribution in [0.3, 0.4) is 0 Å². The van der Waals surface area contributed by atoms with Gasteiger partial charge in [0.15, 0.2) is 0 Å². The first-order valence-electron chi connectivity index (χ1n) is 8.87. The van der Waals surface area contributed by atoms with Gasteiger partial charge in [0.25, 0.3) is 0 Å². The average molecular weight is 341 g/mol. The summed E-state index contributed by atoms with van der Waals surface area (Å²) in [5.41, 5.74) is 1.51. The van der Waals surface area contributed by atoms with Crippen molar-refractivity contribution in [2.75, 3.05) is 19.7 Å². The molecule has 3 nitrogen and oxygen atoms in total. The fraction of sp³-hybridized carbons (Fsp3) is 0.381. The third-order valence-corrected chi connectivity index (χ3v) is 5.09. The van der Waals surface area contributed by atoms with E-state index in [0.717, 1.165) is 18.4 Å². The zero-order valence-corrected chi connectivity index (χ0v) is 14.3. The molecule has 1 amide bonds. The highest BCUT2D eigenvalue weighted by Crippen LogP contribution is 2.31. The van der Waals surface area contributed by atoms with Gasteiger partial charge in [-0.15, -0.1) is 0 Å². The molecule has 132 valence electrons. The molecule has 1 fully saturated rings. The number of hydrogen-bond donors (Lipinski definition) is 1. The highest BCUT2D eigenvalue weighted by molar-refractivity contribution is 5.78. The van der Waals surface area contributed by atoms with Crippen LogP contribution in [0, 0.1) is 11.7 Å². The van der Waals surface area contributed by atoms with Crippen LogP contribution >= 0.6 is 0 Å². The lowest BCUT2D eigenvalue weighted by Gasteiger charge is -2.32. The summed E-state index contributed by atoms with van der Waals surface area (Å²) in [6, 6.07) is 16.3. The van der Waals surface area contributed by atoms with Crippen molar-refractivity contribution in [1.82, 2.24) is 4.90 Å². The second kappa shape index (κ2) is 8.26. The number of aliphatic hydroxyl groups is 1. The van der Waals surface area contributed by atoms with Crippen LogP contribution in [0.25, 0.3) is 0 Å². The van der Waals surface area contributed by atoms with Crippen molar-refractivity contribution in [3.8, 4) is 0 Å². The first-order chi connectivity index (χ1) is 12.2. The minimum Gasteiger partial charge on any atom is -0.396 e. The lowest BCUT2D eigenvalue weighted by molar-refractivity contribution is -0.133. The van der Waals surface area contributed by atoms with Crippen molar-refractivity contribution in [3.05, 3.63) is 71.5 Å². The number of amides is 1. The zero-order chi connectivity index (χ0) is 17.6. The van der Waals surface area contributed by atoms with Gasteiger partial charge >= 0.3 is 0 Å². The maximum absolute atomic E-state index is 14.4. The summed E-state index contributed by atoms with van der Waals surface area (Å²) >= 11 is 0. The van der Waals surface area contributed by atoms with Crippen LogP contribution in [0.2, 0.25) is 0 Å². The first-order valence-corrected chi connectivity index (χ1v) is 8.87. The van der Waals surface area contributed by atoms with E-state index in [1.54, 1.807) is 12.1 Å². The van der Waals surface area contributed by atoms with Crippen molar-refractivity contribution in [2.45, 2.75) is 25.2 Å². The average Bonchev–Trinajstić information content (AvgIpc) is 2.67. The van der Waals surface area contributed by atoms with E-state index < -0.39 is 0 Å². The van der Waals surface area contributed by atoms with E-state index in [1.807, 2.05) is 41.3 Å². The molecule has 1 saturated heterocycles. The molecule has 1 N–H and O–H groups in total. The van der Waals surface area contributed by atoms with Crippen LogP contribution in [0.4, 0.5) is 4.39 Å². The van der Waals surface area contributed by atoms with Gasteiger partial charge in [0, 0.05) is 32.0 Å². The minimum absolute atomic E-state index is 0.0495. The smallest absolute Gasteiger partial charge is 0.223 e. The number of aliphatic hydroxyl groups excluding tert-OH is 1. The fourth-order valence-electron chi connectivity index (χ4n) is 3.52. The second-order valence-corrected chi connectivity index (χ2v) is 6.70. The lowest BCUT2D eigenvalue weighted by atomic mass is 9.87. The summed E-state index contributed by atoms with van der Waals surface area (Å²) in [7, 11) is 0. The van der Waals surface area contributed by atoms with Gasteiger partial charge in [-0.1, -0.05) is 48.5 Å². The number of nitrogens with zero attached hydrogens (tertiary/aromatic N) is 1. The maximum atomic E-state index is 14.4. The molecule has 0 aliphatic carbocycles. The summed E-state index contributed by atoms with van der Waals surface area (Å²) in [6.07, 6.45) is 1.92. The van der Waals surface area contributed by atoms with E-state index in [2.05, 4.69) is 0 Å². The molecule has 0 bridgehead atoms. The third-order valence-electron chi connectivity index (χ3n) is 5.09. The molecule has 1 heterocycles. The molecule has 1 aliphatic rings. The minimum atomic E-state index is -0.287. The van der Waals surface area contributed by atoms with E-state index in [1.165, 1.54) is 6.07 Å². The van der Waals surface area contributed by atoms with Gasteiger partial charge in [0.2, 0.25) is 5.91 Å². The molecule has 1 aliphatic heterocycles. The quantitative estimate of drug-likeness (QED) is 0.903. The summed E-state index contributed by atoms with van der Waals surface area (Å²) in [5, 5.41) is 9.24. The highest BCUT2D eigenvalue weighted by atomic mass is 19.1. The molecule has 0 unspecified atom stereocenters. The Balaban J connectivity index is 1.79. The molecule has 4 heteroatoms. The Kier molecular flexibility index (Phi) is 5.82. The van der Waals surface area contributed by atoms with Crippen molar-refractivity contribution in [2.24, 2.45) is 5.92 Å². The van der Waals surface area contributed by atoms with Crippen LogP contribution in [0.1, 0.15) is 36.3 Å². The predicted octanol–water partition coefficient (Wildman–Crippen LogP) is 3.58. The molecule has 1 atom stereocenters. The maximum Gasteiger partial charge on any atom is 0.223 e. The number of likely N-dealkylation sites (tertiary alicyclic amines) is 1. The molecule has 3 rings (SSSR count). The second-order valence-electron chi connectivity index (χ2n) is 6.70. The van der Waals surface area contributed by atoms with Gasteiger partial charge in [-0.3, -0.25) is 4.79 Å². The lowest BCUT2D eigenvalue weighted by Crippen LogP contribution is -2.39. The Hall–Kier alpha value is -2.20. The molecule has 0 saturated carbocycles. The van der Waals surface area contributed by atoms with Crippen LogP contribution < -0.4 is 0 Å². The number of benzene rings is 2. The van der Waals surface area contributed by atoms with E-state index in [9.17, 15) is 14.3 Å². The SMILES string of the molecule is O=C(C[C@H](c1ccccc1)c1ccccc1F)N1CCC(CO)CC1. The molecular formula is C21H24FNO2. The molecular weight excluding hydrogens is 317 g/mol. The van der Waals surface area contributed by atoms with E-state index in [0.29, 0.717) is 24.6 Å². The molecule has 0 spiro atoms. The van der Waals surface area contributed by atoms with E-state index in [4.69, 9.17) is 0 Å². The summed E-state index contributed by atoms with van der Waals surface area (Å²) in [5.74, 6) is -0.220. The van der Waals surface area contributed by atoms with E-state index >= 15 is 0 Å². The van der Waals surface area contributed by atoms with Crippen LogP contribution in [0.15, 0.2) is 54.6 Å². The van der Waals surface area contributed by atoms with Crippen molar-refractivity contribution in [1.29, 1.82) is 0 Å². The van der Waals surface area contributed by atoms with Gasteiger partial charge in [0.05, 0.1) is 0 Å². The Labute approximate surface area is 148 Å². The topological polar surface area (TPSA) is 40.5 Å². The zero-order valence-electron chi connectivity index (χ0n) is 14.3.